The Balaban J connectivity index is 2.22. The number of carbonyl (C=O) groups is 1. The Morgan fingerprint density at radius 3 is 3.15 bits per heavy atom. The molecule has 1 aromatic rings. The minimum Gasteiger partial charge on any atom is -0.345 e. The van der Waals surface area contributed by atoms with E-state index in [0.29, 0.717) is 6.04 Å². The maximum Gasteiger partial charge on any atom is 0.151 e. The Labute approximate surface area is 77.6 Å². The lowest BCUT2D eigenvalue weighted by Crippen LogP contribution is -2.14. The van der Waals surface area contributed by atoms with Gasteiger partial charge in [0, 0.05) is 23.0 Å². The molecule has 68 valence electrons. The summed E-state index contributed by atoms with van der Waals surface area (Å²) < 4.78 is 2.42. The predicted octanol–water partition coefficient (Wildman–Crippen LogP) is 2.12. The standard InChI is InChI=1S/C11H13NO/c13-7-8-6-10-5-4-9-2-1-3-11(8)12(9)10/h6-7,9H,1-5H2. The summed E-state index contributed by atoms with van der Waals surface area (Å²) >= 11 is 0. The number of hydrogen-bond donors (Lipinski definition) is 0. The van der Waals surface area contributed by atoms with Crippen LogP contribution in [0.2, 0.25) is 0 Å². The van der Waals surface area contributed by atoms with Gasteiger partial charge in [-0.15, -0.1) is 0 Å². The van der Waals surface area contributed by atoms with Crippen LogP contribution in [-0.4, -0.2) is 10.9 Å². The Morgan fingerprint density at radius 1 is 1.38 bits per heavy atom. The van der Waals surface area contributed by atoms with Crippen LogP contribution in [0.25, 0.3) is 0 Å². The molecule has 3 rings (SSSR count). The van der Waals surface area contributed by atoms with Crippen molar-refractivity contribution >= 4 is 6.29 Å². The Hall–Kier alpha value is -1.05. The third kappa shape index (κ3) is 0.859. The lowest BCUT2D eigenvalue weighted by molar-refractivity contribution is 0.112. The molecule has 13 heavy (non-hydrogen) atoms. The van der Waals surface area contributed by atoms with E-state index in [0.717, 1.165) is 18.3 Å². The third-order valence-electron chi connectivity index (χ3n) is 3.43. The molecule has 0 fully saturated rings. The van der Waals surface area contributed by atoms with Crippen LogP contribution in [0, 0.1) is 0 Å². The molecule has 0 aliphatic carbocycles. The van der Waals surface area contributed by atoms with Gasteiger partial charge in [-0.3, -0.25) is 4.79 Å². The second-order valence-corrected chi connectivity index (χ2v) is 4.11. The van der Waals surface area contributed by atoms with E-state index in [1.54, 1.807) is 0 Å². The van der Waals surface area contributed by atoms with Crippen molar-refractivity contribution in [2.24, 2.45) is 0 Å². The minimum atomic E-state index is 0.715. The zero-order chi connectivity index (χ0) is 8.84. The first kappa shape index (κ1) is 7.36. The smallest absolute Gasteiger partial charge is 0.151 e. The van der Waals surface area contributed by atoms with Gasteiger partial charge < -0.3 is 4.57 Å². The summed E-state index contributed by atoms with van der Waals surface area (Å²) in [7, 11) is 0. The van der Waals surface area contributed by atoms with Crippen molar-refractivity contribution in [3.8, 4) is 0 Å². The van der Waals surface area contributed by atoms with Crippen molar-refractivity contribution in [1.29, 1.82) is 0 Å². The lowest BCUT2D eigenvalue weighted by atomic mass is 9.99. The first-order valence-electron chi connectivity index (χ1n) is 5.08. The zero-order valence-electron chi connectivity index (χ0n) is 7.62. The molecule has 1 atom stereocenters. The van der Waals surface area contributed by atoms with Gasteiger partial charge in [0.1, 0.15) is 0 Å². The molecule has 0 spiro atoms. The van der Waals surface area contributed by atoms with Gasteiger partial charge >= 0.3 is 0 Å². The van der Waals surface area contributed by atoms with E-state index in [2.05, 4.69) is 10.6 Å². The van der Waals surface area contributed by atoms with Crippen LogP contribution in [0.4, 0.5) is 0 Å². The quantitative estimate of drug-likeness (QED) is 0.599. The normalized spacial score (nSPS) is 24.5. The van der Waals surface area contributed by atoms with E-state index in [9.17, 15) is 4.79 Å². The van der Waals surface area contributed by atoms with Crippen LogP contribution in [0.3, 0.4) is 0 Å². The largest absolute Gasteiger partial charge is 0.345 e. The fourth-order valence-electron chi connectivity index (χ4n) is 2.88. The Morgan fingerprint density at radius 2 is 2.31 bits per heavy atom. The number of hydrogen-bond acceptors (Lipinski definition) is 1. The molecule has 1 unspecified atom stereocenters. The molecule has 1 aromatic heterocycles. The number of nitrogens with zero attached hydrogens (tertiary/aromatic N) is 1. The number of carbonyl (C=O) groups excluding carboxylic acids is 1. The Bertz CT molecular complexity index is 364. The molecule has 0 saturated carbocycles. The van der Waals surface area contributed by atoms with Gasteiger partial charge in [-0.25, -0.2) is 0 Å². The van der Waals surface area contributed by atoms with E-state index in [1.807, 2.05) is 0 Å². The van der Waals surface area contributed by atoms with Crippen molar-refractivity contribution in [2.75, 3.05) is 0 Å². The Kier molecular flexibility index (Phi) is 1.40. The average molecular weight is 175 g/mol. The monoisotopic (exact) mass is 175 g/mol. The van der Waals surface area contributed by atoms with Gasteiger partial charge in [0.2, 0.25) is 0 Å². The van der Waals surface area contributed by atoms with Crippen LogP contribution in [0.5, 0.6) is 0 Å². The summed E-state index contributed by atoms with van der Waals surface area (Å²) in [5.41, 5.74) is 3.64. The molecule has 0 N–H and O–H groups in total. The number of rotatable bonds is 1. The summed E-state index contributed by atoms with van der Waals surface area (Å²) in [4.78, 5) is 10.8. The summed E-state index contributed by atoms with van der Waals surface area (Å²) in [6, 6.07) is 2.81. The molecule has 0 saturated heterocycles. The molecule has 2 aliphatic heterocycles. The zero-order valence-corrected chi connectivity index (χ0v) is 7.62. The van der Waals surface area contributed by atoms with Crippen LogP contribution in [0.15, 0.2) is 6.07 Å². The number of aromatic nitrogens is 1. The van der Waals surface area contributed by atoms with E-state index in [-0.39, 0.29) is 0 Å². The van der Waals surface area contributed by atoms with Crippen molar-refractivity contribution < 1.29 is 4.79 Å². The molecule has 0 radical (unpaired) electrons. The van der Waals surface area contributed by atoms with Crippen LogP contribution in [-0.2, 0) is 12.8 Å². The maximum atomic E-state index is 10.8. The van der Waals surface area contributed by atoms with E-state index in [1.165, 1.54) is 37.1 Å². The van der Waals surface area contributed by atoms with Gasteiger partial charge in [-0.1, -0.05) is 0 Å². The molecule has 2 heteroatoms. The lowest BCUT2D eigenvalue weighted by Gasteiger charge is -2.22. The molecular formula is C11H13NO. The number of aldehydes is 1. The molecule has 3 heterocycles. The van der Waals surface area contributed by atoms with Crippen LogP contribution < -0.4 is 0 Å². The summed E-state index contributed by atoms with van der Waals surface area (Å²) in [5.74, 6) is 0. The second-order valence-electron chi connectivity index (χ2n) is 4.11. The summed E-state index contributed by atoms with van der Waals surface area (Å²) in [6.45, 7) is 0. The summed E-state index contributed by atoms with van der Waals surface area (Å²) in [6.07, 6.45) is 7.16. The van der Waals surface area contributed by atoms with Crippen molar-refractivity contribution in [2.45, 2.75) is 38.1 Å². The molecule has 2 nitrogen and oxygen atoms in total. The van der Waals surface area contributed by atoms with E-state index >= 15 is 0 Å². The minimum absolute atomic E-state index is 0.715. The molecule has 2 aliphatic rings. The van der Waals surface area contributed by atoms with Gasteiger partial charge in [-0.05, 0) is 38.2 Å². The first-order valence-corrected chi connectivity index (χ1v) is 5.08. The highest BCUT2D eigenvalue weighted by atomic mass is 16.1. The predicted molar refractivity (Wildman–Crippen MR) is 50.1 cm³/mol. The molecule has 0 amide bonds. The van der Waals surface area contributed by atoms with Crippen molar-refractivity contribution in [3.63, 3.8) is 0 Å². The SMILES string of the molecule is O=Cc1cc2n3c1CCCC3CC2. The van der Waals surface area contributed by atoms with Crippen LogP contribution >= 0.6 is 0 Å². The maximum absolute atomic E-state index is 10.8. The summed E-state index contributed by atoms with van der Waals surface area (Å²) in [5, 5.41) is 0. The highest BCUT2D eigenvalue weighted by molar-refractivity contribution is 5.77. The third-order valence-corrected chi connectivity index (χ3v) is 3.43. The fraction of sp³-hybridized carbons (Fsp3) is 0.545. The van der Waals surface area contributed by atoms with E-state index in [4.69, 9.17) is 0 Å². The topological polar surface area (TPSA) is 22.0 Å². The molecule has 0 aromatic carbocycles. The first-order chi connectivity index (χ1) is 6.40. The molecule has 0 bridgehead atoms. The van der Waals surface area contributed by atoms with Gasteiger partial charge in [0.25, 0.3) is 0 Å². The van der Waals surface area contributed by atoms with E-state index < -0.39 is 0 Å². The second kappa shape index (κ2) is 2.47. The fourth-order valence-corrected chi connectivity index (χ4v) is 2.88. The van der Waals surface area contributed by atoms with Gasteiger partial charge in [0.05, 0.1) is 0 Å². The van der Waals surface area contributed by atoms with Gasteiger partial charge in [-0.2, -0.15) is 0 Å². The molecular weight excluding hydrogens is 162 g/mol. The van der Waals surface area contributed by atoms with Crippen LogP contribution in [0.1, 0.15) is 47.1 Å². The average Bonchev–Trinajstić information content (AvgIpc) is 2.72. The number of aryl methyl sites for hydroxylation is 1. The highest BCUT2D eigenvalue weighted by Crippen LogP contribution is 2.38. The highest BCUT2D eigenvalue weighted by Gasteiger charge is 2.29. The van der Waals surface area contributed by atoms with Crippen molar-refractivity contribution in [3.05, 3.63) is 23.0 Å². The van der Waals surface area contributed by atoms with Gasteiger partial charge in [0.15, 0.2) is 6.29 Å². The van der Waals surface area contributed by atoms with Crippen molar-refractivity contribution in [1.82, 2.24) is 4.57 Å².